The summed E-state index contributed by atoms with van der Waals surface area (Å²) in [4.78, 5) is 15.3. The summed E-state index contributed by atoms with van der Waals surface area (Å²) in [6, 6.07) is 17.3. The highest BCUT2D eigenvalue weighted by Crippen LogP contribution is 2.30. The minimum absolute atomic E-state index is 0.237. The lowest BCUT2D eigenvalue weighted by Crippen LogP contribution is -2.40. The molecule has 1 fully saturated rings. The number of rotatable bonds is 8. The van der Waals surface area contributed by atoms with Gasteiger partial charge in [-0.25, -0.2) is 9.97 Å². The predicted octanol–water partition coefficient (Wildman–Crippen LogP) is 4.80. The lowest BCUT2D eigenvalue weighted by Gasteiger charge is -2.31. The van der Waals surface area contributed by atoms with Gasteiger partial charge in [0.25, 0.3) is 5.19 Å². The van der Waals surface area contributed by atoms with Crippen molar-refractivity contribution < 1.29 is 14.2 Å². The molecule has 0 bridgehead atoms. The number of ether oxygens (including phenoxy) is 3. The van der Waals surface area contributed by atoms with Crippen LogP contribution in [0, 0.1) is 0 Å². The van der Waals surface area contributed by atoms with Gasteiger partial charge in [-0.2, -0.15) is 4.98 Å². The molecular formula is C24H24N4O3S. The maximum Gasteiger partial charge on any atom is 0.281 e. The Bertz CT molecular complexity index is 1100. The molecule has 1 aliphatic heterocycles. The van der Waals surface area contributed by atoms with Crippen molar-refractivity contribution in [3.63, 3.8) is 0 Å². The molecule has 0 radical (unpaired) electrons. The van der Waals surface area contributed by atoms with Crippen LogP contribution in [0.25, 0.3) is 10.3 Å². The third kappa shape index (κ3) is 5.33. The summed E-state index contributed by atoms with van der Waals surface area (Å²) >= 11 is 1.48. The molecule has 164 valence electrons. The number of piperidine rings is 1. The Morgan fingerprint density at radius 3 is 2.50 bits per heavy atom. The van der Waals surface area contributed by atoms with Crippen LogP contribution in [-0.2, 0) is 0 Å². The maximum absolute atomic E-state index is 5.96. The first kappa shape index (κ1) is 20.7. The van der Waals surface area contributed by atoms with Crippen LogP contribution in [0.1, 0.15) is 12.8 Å². The Hall–Kier alpha value is -3.23. The van der Waals surface area contributed by atoms with Crippen molar-refractivity contribution in [2.75, 3.05) is 26.2 Å². The second kappa shape index (κ2) is 9.93. The van der Waals surface area contributed by atoms with Crippen LogP contribution in [0.15, 0.2) is 67.0 Å². The van der Waals surface area contributed by atoms with Crippen molar-refractivity contribution in [3.05, 3.63) is 67.0 Å². The Labute approximate surface area is 190 Å². The molecule has 7 nitrogen and oxygen atoms in total. The van der Waals surface area contributed by atoms with E-state index in [0.29, 0.717) is 23.3 Å². The normalized spacial score (nSPS) is 15.0. The molecule has 0 amide bonds. The van der Waals surface area contributed by atoms with Crippen LogP contribution in [-0.4, -0.2) is 52.2 Å². The van der Waals surface area contributed by atoms with Gasteiger partial charge < -0.3 is 14.2 Å². The zero-order valence-electron chi connectivity index (χ0n) is 17.6. The Balaban J connectivity index is 1.04. The summed E-state index contributed by atoms with van der Waals surface area (Å²) in [6.45, 7) is 3.55. The fraction of sp³-hybridized carbons (Fsp3) is 0.292. The van der Waals surface area contributed by atoms with Crippen molar-refractivity contribution >= 4 is 21.7 Å². The number of benzene rings is 1. The first-order valence-corrected chi connectivity index (χ1v) is 11.6. The van der Waals surface area contributed by atoms with Gasteiger partial charge in [0.1, 0.15) is 24.2 Å². The van der Waals surface area contributed by atoms with E-state index in [1.165, 1.54) is 11.3 Å². The van der Waals surface area contributed by atoms with E-state index in [4.69, 9.17) is 14.2 Å². The highest BCUT2D eigenvalue weighted by molar-refractivity contribution is 7.20. The van der Waals surface area contributed by atoms with Gasteiger partial charge in [0, 0.05) is 38.1 Å². The van der Waals surface area contributed by atoms with Gasteiger partial charge in [0.05, 0.1) is 4.70 Å². The van der Waals surface area contributed by atoms with Gasteiger partial charge in [-0.3, -0.25) is 4.90 Å². The highest BCUT2D eigenvalue weighted by Gasteiger charge is 2.20. The van der Waals surface area contributed by atoms with Crippen molar-refractivity contribution in [2.45, 2.75) is 18.9 Å². The van der Waals surface area contributed by atoms with Gasteiger partial charge in [-0.05, 0) is 55.3 Å². The van der Waals surface area contributed by atoms with E-state index in [1.807, 2.05) is 54.6 Å². The largest absolute Gasteiger partial charge is 0.492 e. The number of likely N-dealkylation sites (tertiary alicyclic amines) is 1. The molecule has 0 N–H and O–H groups in total. The second-order valence-electron chi connectivity index (χ2n) is 7.55. The number of pyridine rings is 2. The number of aromatic nitrogens is 3. The third-order valence-electron chi connectivity index (χ3n) is 5.31. The fourth-order valence-corrected chi connectivity index (χ4v) is 4.42. The lowest BCUT2D eigenvalue weighted by atomic mass is 10.1. The predicted molar refractivity (Wildman–Crippen MR) is 124 cm³/mol. The average Bonchev–Trinajstić information content (AvgIpc) is 3.24. The summed E-state index contributed by atoms with van der Waals surface area (Å²) in [6.07, 6.45) is 5.74. The molecule has 0 unspecified atom stereocenters. The maximum atomic E-state index is 5.96. The van der Waals surface area contributed by atoms with Crippen molar-refractivity contribution in [3.8, 4) is 22.6 Å². The van der Waals surface area contributed by atoms with E-state index in [1.54, 1.807) is 12.4 Å². The Kier molecular flexibility index (Phi) is 6.41. The standard InChI is InChI=1S/C24H24N4O3S/c1-2-12-25-22(5-1)30-20-10-14-28(15-11-20)16-17-29-18-6-8-19(9-7-18)31-24-27-23-21(32-24)4-3-13-26-23/h1-9,12-13,20H,10-11,14-17H2. The first-order valence-electron chi connectivity index (χ1n) is 10.7. The van der Waals surface area contributed by atoms with Crippen LogP contribution in [0.3, 0.4) is 0 Å². The molecule has 8 heteroatoms. The SMILES string of the molecule is c1ccc(OC2CCN(CCOc3ccc(Oc4nc5ncccc5s4)cc3)CC2)nc1. The number of hydrogen-bond acceptors (Lipinski definition) is 8. The van der Waals surface area contributed by atoms with E-state index in [-0.39, 0.29) is 6.10 Å². The number of fused-ring (bicyclic) bond motifs is 1. The van der Waals surface area contributed by atoms with E-state index in [9.17, 15) is 0 Å². The molecule has 0 saturated carbocycles. The molecule has 0 aliphatic carbocycles. The Morgan fingerprint density at radius 2 is 1.72 bits per heavy atom. The van der Waals surface area contributed by atoms with Gasteiger partial charge in [-0.15, -0.1) is 0 Å². The van der Waals surface area contributed by atoms with Gasteiger partial charge in [0.15, 0.2) is 5.65 Å². The molecule has 0 atom stereocenters. The zero-order chi connectivity index (χ0) is 21.6. The summed E-state index contributed by atoms with van der Waals surface area (Å²) in [7, 11) is 0. The molecule has 5 rings (SSSR count). The smallest absolute Gasteiger partial charge is 0.281 e. The van der Waals surface area contributed by atoms with Crippen LogP contribution in [0.5, 0.6) is 22.6 Å². The summed E-state index contributed by atoms with van der Waals surface area (Å²) in [5, 5.41) is 0.586. The van der Waals surface area contributed by atoms with Crippen LogP contribution < -0.4 is 14.2 Å². The molecule has 1 aliphatic rings. The zero-order valence-corrected chi connectivity index (χ0v) is 18.4. The van der Waals surface area contributed by atoms with Crippen molar-refractivity contribution in [1.29, 1.82) is 0 Å². The molecular weight excluding hydrogens is 424 g/mol. The van der Waals surface area contributed by atoms with Crippen molar-refractivity contribution in [1.82, 2.24) is 19.9 Å². The van der Waals surface area contributed by atoms with E-state index < -0.39 is 0 Å². The molecule has 1 aromatic carbocycles. The van der Waals surface area contributed by atoms with Gasteiger partial charge >= 0.3 is 0 Å². The summed E-state index contributed by atoms with van der Waals surface area (Å²) in [5.74, 6) is 2.27. The van der Waals surface area contributed by atoms with E-state index in [0.717, 1.165) is 48.7 Å². The van der Waals surface area contributed by atoms with E-state index in [2.05, 4.69) is 19.9 Å². The molecule has 0 spiro atoms. The molecule has 3 aromatic heterocycles. The van der Waals surface area contributed by atoms with Crippen LogP contribution >= 0.6 is 11.3 Å². The van der Waals surface area contributed by atoms with Crippen molar-refractivity contribution in [2.24, 2.45) is 0 Å². The Morgan fingerprint density at radius 1 is 0.906 bits per heavy atom. The minimum atomic E-state index is 0.237. The topological polar surface area (TPSA) is 69.6 Å². The molecule has 4 heterocycles. The lowest BCUT2D eigenvalue weighted by molar-refractivity contribution is 0.0884. The number of thiazole rings is 1. The van der Waals surface area contributed by atoms with Gasteiger partial charge in [-0.1, -0.05) is 17.4 Å². The quantitative estimate of drug-likeness (QED) is 0.383. The van der Waals surface area contributed by atoms with Crippen LogP contribution in [0.4, 0.5) is 0 Å². The minimum Gasteiger partial charge on any atom is -0.492 e. The number of hydrogen-bond donors (Lipinski definition) is 0. The molecule has 1 saturated heterocycles. The van der Waals surface area contributed by atoms with Crippen LogP contribution in [0.2, 0.25) is 0 Å². The van der Waals surface area contributed by atoms with E-state index >= 15 is 0 Å². The summed E-state index contributed by atoms with van der Waals surface area (Å²) in [5.41, 5.74) is 0.708. The molecule has 32 heavy (non-hydrogen) atoms. The number of nitrogens with zero attached hydrogens (tertiary/aromatic N) is 4. The second-order valence-corrected chi connectivity index (χ2v) is 8.55. The van der Waals surface area contributed by atoms with Gasteiger partial charge in [0.2, 0.25) is 5.88 Å². The fourth-order valence-electron chi connectivity index (χ4n) is 3.63. The average molecular weight is 449 g/mol. The summed E-state index contributed by atoms with van der Waals surface area (Å²) < 4.78 is 18.8. The first-order chi connectivity index (χ1) is 15.8. The third-order valence-corrected chi connectivity index (χ3v) is 6.20. The highest BCUT2D eigenvalue weighted by atomic mass is 32.1. The monoisotopic (exact) mass is 448 g/mol. The molecule has 4 aromatic rings.